The van der Waals surface area contributed by atoms with Gasteiger partial charge in [-0.2, -0.15) is 0 Å². The second-order valence-corrected chi connectivity index (χ2v) is 7.21. The van der Waals surface area contributed by atoms with Crippen molar-refractivity contribution in [1.82, 2.24) is 4.98 Å². The number of carbonyl (C=O) groups is 2. The minimum atomic E-state index is -0.555. The van der Waals surface area contributed by atoms with Crippen LogP contribution in [0.5, 0.6) is 0 Å². The van der Waals surface area contributed by atoms with E-state index in [0.717, 1.165) is 11.3 Å². The monoisotopic (exact) mass is 410 g/mol. The number of para-hydroxylation sites is 1. The summed E-state index contributed by atoms with van der Waals surface area (Å²) in [6.45, 7) is 1.93. The SMILES string of the molecule is Cc1ccccc1NC(=O)Cc1nc(COC(=O)/C=C/c2cccc(F)c2)cs1. The van der Waals surface area contributed by atoms with Crippen LogP contribution < -0.4 is 5.32 Å². The molecule has 148 valence electrons. The Morgan fingerprint density at radius 1 is 1.21 bits per heavy atom. The number of hydrogen-bond donors (Lipinski definition) is 1. The first-order chi connectivity index (χ1) is 14.0. The number of nitrogens with zero attached hydrogens (tertiary/aromatic N) is 1. The largest absolute Gasteiger partial charge is 0.456 e. The zero-order chi connectivity index (χ0) is 20.6. The van der Waals surface area contributed by atoms with Crippen molar-refractivity contribution < 1.29 is 18.7 Å². The van der Waals surface area contributed by atoms with Crippen LogP contribution in [0.15, 0.2) is 60.0 Å². The normalized spacial score (nSPS) is 10.8. The summed E-state index contributed by atoms with van der Waals surface area (Å²) in [5.74, 6) is -1.08. The second kappa shape index (κ2) is 9.75. The topological polar surface area (TPSA) is 68.3 Å². The van der Waals surface area contributed by atoms with Crippen LogP contribution in [-0.4, -0.2) is 16.9 Å². The first kappa shape index (κ1) is 20.4. The lowest BCUT2D eigenvalue weighted by Gasteiger charge is -2.06. The molecule has 0 atom stereocenters. The molecular formula is C22H19FN2O3S. The maximum absolute atomic E-state index is 13.1. The van der Waals surface area contributed by atoms with Crippen molar-refractivity contribution in [3.8, 4) is 0 Å². The Kier molecular flexibility index (Phi) is 6.86. The van der Waals surface area contributed by atoms with Crippen molar-refractivity contribution in [1.29, 1.82) is 0 Å². The molecule has 0 bridgehead atoms. The fourth-order valence-corrected chi connectivity index (χ4v) is 3.29. The van der Waals surface area contributed by atoms with Crippen molar-refractivity contribution in [2.75, 3.05) is 5.32 Å². The average molecular weight is 410 g/mol. The average Bonchev–Trinajstić information content (AvgIpc) is 3.14. The minimum Gasteiger partial charge on any atom is -0.456 e. The van der Waals surface area contributed by atoms with E-state index in [-0.39, 0.29) is 24.8 Å². The number of carbonyl (C=O) groups excluding carboxylic acids is 2. The Morgan fingerprint density at radius 2 is 2.03 bits per heavy atom. The Morgan fingerprint density at radius 3 is 2.83 bits per heavy atom. The molecule has 0 unspecified atom stereocenters. The molecule has 1 aromatic heterocycles. The molecule has 2 aromatic carbocycles. The molecular weight excluding hydrogens is 391 g/mol. The lowest BCUT2D eigenvalue weighted by Crippen LogP contribution is -2.15. The van der Waals surface area contributed by atoms with Gasteiger partial charge in [0.25, 0.3) is 0 Å². The summed E-state index contributed by atoms with van der Waals surface area (Å²) in [6, 6.07) is 13.4. The molecule has 0 aliphatic rings. The van der Waals surface area contributed by atoms with Crippen molar-refractivity contribution in [2.45, 2.75) is 20.0 Å². The Balaban J connectivity index is 1.48. The third-order valence-corrected chi connectivity index (χ3v) is 4.85. The molecule has 0 aliphatic heterocycles. The molecule has 0 radical (unpaired) electrons. The number of benzene rings is 2. The van der Waals surface area contributed by atoms with E-state index in [2.05, 4.69) is 10.3 Å². The summed E-state index contributed by atoms with van der Waals surface area (Å²) in [7, 11) is 0. The third-order valence-electron chi connectivity index (χ3n) is 3.95. The summed E-state index contributed by atoms with van der Waals surface area (Å²) in [6.07, 6.45) is 2.86. The van der Waals surface area contributed by atoms with E-state index in [4.69, 9.17) is 4.74 Å². The molecule has 0 fully saturated rings. The van der Waals surface area contributed by atoms with Gasteiger partial charge in [0.15, 0.2) is 0 Å². The maximum atomic E-state index is 13.1. The smallest absolute Gasteiger partial charge is 0.331 e. The molecule has 0 aliphatic carbocycles. The van der Waals surface area contributed by atoms with E-state index in [9.17, 15) is 14.0 Å². The highest BCUT2D eigenvalue weighted by Gasteiger charge is 2.10. The number of hydrogen-bond acceptors (Lipinski definition) is 5. The van der Waals surface area contributed by atoms with Crippen LogP contribution in [0.3, 0.4) is 0 Å². The van der Waals surface area contributed by atoms with Gasteiger partial charge in [0.05, 0.1) is 12.1 Å². The van der Waals surface area contributed by atoms with Crippen LogP contribution in [0.2, 0.25) is 0 Å². The Hall–Kier alpha value is -3.32. The Labute approximate surface area is 171 Å². The minimum absolute atomic E-state index is 0.00222. The molecule has 0 saturated carbocycles. The fourth-order valence-electron chi connectivity index (χ4n) is 2.51. The van der Waals surface area contributed by atoms with Gasteiger partial charge in [0.1, 0.15) is 17.4 Å². The first-order valence-electron chi connectivity index (χ1n) is 8.89. The number of esters is 1. The standard InChI is InChI=1S/C22H19FN2O3S/c1-15-5-2-3-8-19(15)25-20(26)12-21-24-18(14-29-21)13-28-22(27)10-9-16-6-4-7-17(23)11-16/h2-11,14H,12-13H2,1H3,(H,25,26)/b10-9+. The Bertz CT molecular complexity index is 1050. The molecule has 3 aromatic rings. The summed E-state index contributed by atoms with van der Waals surface area (Å²) < 4.78 is 18.2. The number of halogens is 1. The number of anilines is 1. The molecule has 1 heterocycles. The van der Waals surface area contributed by atoms with Gasteiger partial charge in [0.2, 0.25) is 5.91 Å². The summed E-state index contributed by atoms with van der Waals surface area (Å²) in [4.78, 5) is 28.3. The molecule has 1 amide bonds. The van der Waals surface area contributed by atoms with Gasteiger partial charge in [0, 0.05) is 17.1 Å². The summed E-state index contributed by atoms with van der Waals surface area (Å²) in [5, 5.41) is 5.25. The fraction of sp³-hybridized carbons (Fsp3) is 0.136. The molecule has 29 heavy (non-hydrogen) atoms. The van der Waals surface area contributed by atoms with Crippen LogP contribution in [0.4, 0.5) is 10.1 Å². The van der Waals surface area contributed by atoms with Crippen LogP contribution in [0, 0.1) is 12.7 Å². The number of ether oxygens (including phenoxy) is 1. The molecule has 7 heteroatoms. The third kappa shape index (κ3) is 6.36. The van der Waals surface area contributed by atoms with Crippen molar-refractivity contribution >= 4 is 35.0 Å². The van der Waals surface area contributed by atoms with Crippen LogP contribution in [0.25, 0.3) is 6.08 Å². The van der Waals surface area contributed by atoms with E-state index in [1.807, 2.05) is 31.2 Å². The van der Waals surface area contributed by atoms with E-state index in [1.165, 1.54) is 35.6 Å². The van der Waals surface area contributed by atoms with Gasteiger partial charge in [-0.15, -0.1) is 11.3 Å². The predicted molar refractivity (Wildman–Crippen MR) is 111 cm³/mol. The highest BCUT2D eigenvalue weighted by atomic mass is 32.1. The number of aromatic nitrogens is 1. The molecule has 3 rings (SSSR count). The molecule has 0 saturated heterocycles. The quantitative estimate of drug-likeness (QED) is 0.459. The van der Waals surface area contributed by atoms with E-state index >= 15 is 0 Å². The van der Waals surface area contributed by atoms with Crippen molar-refractivity contribution in [3.63, 3.8) is 0 Å². The van der Waals surface area contributed by atoms with Crippen molar-refractivity contribution in [3.05, 3.63) is 87.6 Å². The van der Waals surface area contributed by atoms with Gasteiger partial charge in [-0.05, 0) is 42.3 Å². The van der Waals surface area contributed by atoms with Gasteiger partial charge < -0.3 is 10.1 Å². The van der Waals surface area contributed by atoms with E-state index in [1.54, 1.807) is 17.5 Å². The number of thiazole rings is 1. The van der Waals surface area contributed by atoms with Crippen LogP contribution in [-0.2, 0) is 27.4 Å². The lowest BCUT2D eigenvalue weighted by molar-refractivity contribution is -0.139. The number of aryl methyl sites for hydroxylation is 1. The first-order valence-corrected chi connectivity index (χ1v) is 9.77. The maximum Gasteiger partial charge on any atom is 0.331 e. The summed E-state index contributed by atoms with van der Waals surface area (Å²) in [5.41, 5.74) is 2.89. The molecule has 1 N–H and O–H groups in total. The van der Waals surface area contributed by atoms with Gasteiger partial charge in [-0.1, -0.05) is 30.3 Å². The number of amides is 1. The predicted octanol–water partition coefficient (Wildman–Crippen LogP) is 4.53. The van der Waals surface area contributed by atoms with E-state index < -0.39 is 5.97 Å². The van der Waals surface area contributed by atoms with Gasteiger partial charge >= 0.3 is 5.97 Å². The van der Waals surface area contributed by atoms with Gasteiger partial charge in [-0.25, -0.2) is 14.2 Å². The molecule has 0 spiro atoms. The highest BCUT2D eigenvalue weighted by Crippen LogP contribution is 2.16. The summed E-state index contributed by atoms with van der Waals surface area (Å²) >= 11 is 1.33. The van der Waals surface area contributed by atoms with Gasteiger partial charge in [-0.3, -0.25) is 4.79 Å². The lowest BCUT2D eigenvalue weighted by atomic mass is 10.2. The molecule has 5 nitrogen and oxygen atoms in total. The van der Waals surface area contributed by atoms with E-state index in [0.29, 0.717) is 16.3 Å². The zero-order valence-electron chi connectivity index (χ0n) is 15.7. The zero-order valence-corrected chi connectivity index (χ0v) is 16.5. The van der Waals surface area contributed by atoms with Crippen molar-refractivity contribution in [2.24, 2.45) is 0 Å². The highest BCUT2D eigenvalue weighted by molar-refractivity contribution is 7.09. The number of nitrogens with one attached hydrogen (secondary N) is 1. The number of rotatable bonds is 7. The van der Waals surface area contributed by atoms with Crippen LogP contribution >= 0.6 is 11.3 Å². The second-order valence-electron chi connectivity index (χ2n) is 6.27. The van der Waals surface area contributed by atoms with Crippen LogP contribution in [0.1, 0.15) is 21.8 Å².